The van der Waals surface area contributed by atoms with Gasteiger partial charge >= 0.3 is 0 Å². The molecule has 0 atom stereocenters. The second-order valence-corrected chi connectivity index (χ2v) is 5.01. The number of hydrogen-bond acceptors (Lipinski definition) is 3. The minimum Gasteiger partial charge on any atom is -0.397 e. The van der Waals surface area contributed by atoms with Crippen LogP contribution in [0.1, 0.15) is 12.0 Å². The maximum absolute atomic E-state index is 11.7. The first-order chi connectivity index (χ1) is 9.65. The molecule has 0 aromatic heterocycles. The molecule has 0 fully saturated rings. The fourth-order valence-electron chi connectivity index (χ4n) is 2.50. The van der Waals surface area contributed by atoms with Crippen molar-refractivity contribution in [1.82, 2.24) is 0 Å². The summed E-state index contributed by atoms with van der Waals surface area (Å²) in [5, 5.41) is 3.32. The van der Waals surface area contributed by atoms with Crippen molar-refractivity contribution < 1.29 is 4.79 Å². The van der Waals surface area contributed by atoms with Crippen LogP contribution in [-0.2, 0) is 11.2 Å². The van der Waals surface area contributed by atoms with E-state index < -0.39 is 0 Å². The monoisotopic (exact) mass is 267 g/mol. The number of fused-ring (bicyclic) bond motifs is 1. The van der Waals surface area contributed by atoms with Crippen LogP contribution in [0, 0.1) is 0 Å². The molecule has 0 bridgehead atoms. The number of nitrogens with one attached hydrogen (secondary N) is 1. The van der Waals surface area contributed by atoms with Crippen LogP contribution in [0.5, 0.6) is 0 Å². The zero-order valence-electron chi connectivity index (χ0n) is 11.4. The van der Waals surface area contributed by atoms with Crippen molar-refractivity contribution in [2.45, 2.75) is 12.8 Å². The summed E-state index contributed by atoms with van der Waals surface area (Å²) in [6.45, 7) is 0. The topological polar surface area (TPSA) is 58.4 Å². The van der Waals surface area contributed by atoms with E-state index in [0.29, 0.717) is 6.42 Å². The molecular formula is C16H17N3O. The standard InChI is InChI=1S/C16H17N3O/c1-19-15-8-7-12(10-11(15)6-9-16(19)20)18-14-5-3-2-4-13(14)17/h2-5,7-8,10,18H,6,9,17H2,1H3. The fraction of sp³-hybridized carbons (Fsp3) is 0.188. The van der Waals surface area contributed by atoms with E-state index in [-0.39, 0.29) is 5.91 Å². The molecular weight excluding hydrogens is 250 g/mol. The SMILES string of the molecule is CN1C(=O)CCc2cc(Nc3ccccc3N)ccc21. The average molecular weight is 267 g/mol. The summed E-state index contributed by atoms with van der Waals surface area (Å²) in [5.41, 5.74) is 10.7. The van der Waals surface area contributed by atoms with Gasteiger partial charge in [0.1, 0.15) is 0 Å². The summed E-state index contributed by atoms with van der Waals surface area (Å²) in [6, 6.07) is 13.7. The number of carbonyl (C=O) groups is 1. The van der Waals surface area contributed by atoms with Crippen LogP contribution in [0.3, 0.4) is 0 Å². The third-order valence-corrected chi connectivity index (χ3v) is 3.66. The van der Waals surface area contributed by atoms with Gasteiger partial charge in [0.15, 0.2) is 0 Å². The first-order valence-corrected chi connectivity index (χ1v) is 6.66. The zero-order valence-corrected chi connectivity index (χ0v) is 11.4. The third kappa shape index (κ3) is 2.20. The largest absolute Gasteiger partial charge is 0.397 e. The molecule has 4 heteroatoms. The van der Waals surface area contributed by atoms with Crippen LogP contribution in [0.15, 0.2) is 42.5 Å². The number of benzene rings is 2. The molecule has 0 saturated heterocycles. The lowest BCUT2D eigenvalue weighted by molar-refractivity contribution is -0.118. The van der Waals surface area contributed by atoms with Gasteiger partial charge < -0.3 is 16.0 Å². The van der Waals surface area contributed by atoms with Gasteiger partial charge in [-0.2, -0.15) is 0 Å². The maximum Gasteiger partial charge on any atom is 0.227 e. The Morgan fingerprint density at radius 1 is 1.15 bits per heavy atom. The molecule has 4 nitrogen and oxygen atoms in total. The van der Waals surface area contributed by atoms with E-state index >= 15 is 0 Å². The molecule has 2 aromatic carbocycles. The molecule has 20 heavy (non-hydrogen) atoms. The number of aryl methyl sites for hydroxylation is 1. The smallest absolute Gasteiger partial charge is 0.227 e. The van der Waals surface area contributed by atoms with Gasteiger partial charge in [-0.05, 0) is 42.3 Å². The van der Waals surface area contributed by atoms with E-state index in [2.05, 4.69) is 11.4 Å². The van der Waals surface area contributed by atoms with Crippen molar-refractivity contribution in [1.29, 1.82) is 0 Å². The number of carbonyl (C=O) groups excluding carboxylic acids is 1. The summed E-state index contributed by atoms with van der Waals surface area (Å²) >= 11 is 0. The zero-order chi connectivity index (χ0) is 14.1. The number of anilines is 4. The lowest BCUT2D eigenvalue weighted by atomic mass is 10.0. The molecule has 1 heterocycles. The van der Waals surface area contributed by atoms with E-state index in [1.807, 2.05) is 43.4 Å². The minimum atomic E-state index is 0.172. The number of nitrogens with two attached hydrogens (primary N) is 1. The summed E-state index contributed by atoms with van der Waals surface area (Å²) in [5.74, 6) is 0.172. The molecule has 0 radical (unpaired) electrons. The molecule has 0 saturated carbocycles. The third-order valence-electron chi connectivity index (χ3n) is 3.66. The molecule has 3 rings (SSSR count). The molecule has 2 aromatic rings. The summed E-state index contributed by atoms with van der Waals surface area (Å²) in [7, 11) is 1.82. The van der Waals surface area contributed by atoms with Crippen LogP contribution in [0.4, 0.5) is 22.7 Å². The highest BCUT2D eigenvalue weighted by atomic mass is 16.2. The highest BCUT2D eigenvalue weighted by Gasteiger charge is 2.20. The predicted octanol–water partition coefficient (Wildman–Crippen LogP) is 2.92. The van der Waals surface area contributed by atoms with Gasteiger partial charge in [-0.1, -0.05) is 12.1 Å². The van der Waals surface area contributed by atoms with Crippen molar-refractivity contribution in [2.24, 2.45) is 0 Å². The highest BCUT2D eigenvalue weighted by Crippen LogP contribution is 2.31. The molecule has 3 N–H and O–H groups in total. The maximum atomic E-state index is 11.7. The van der Waals surface area contributed by atoms with Gasteiger partial charge in [0.05, 0.1) is 11.4 Å². The Balaban J connectivity index is 1.90. The van der Waals surface area contributed by atoms with Crippen molar-refractivity contribution in [3.8, 4) is 0 Å². The normalized spacial score (nSPS) is 14.1. The predicted molar refractivity (Wildman–Crippen MR) is 82.3 cm³/mol. The Bertz CT molecular complexity index is 667. The van der Waals surface area contributed by atoms with Gasteiger partial charge in [0, 0.05) is 24.8 Å². The molecule has 1 aliphatic heterocycles. The second-order valence-electron chi connectivity index (χ2n) is 5.01. The van der Waals surface area contributed by atoms with E-state index in [0.717, 1.165) is 29.2 Å². The van der Waals surface area contributed by atoms with Gasteiger partial charge in [-0.3, -0.25) is 4.79 Å². The Morgan fingerprint density at radius 2 is 1.95 bits per heavy atom. The van der Waals surface area contributed by atoms with Crippen LogP contribution < -0.4 is 16.0 Å². The number of rotatable bonds is 2. The molecule has 0 spiro atoms. The number of nitrogen functional groups attached to an aromatic ring is 1. The summed E-state index contributed by atoms with van der Waals surface area (Å²) < 4.78 is 0. The minimum absolute atomic E-state index is 0.172. The van der Waals surface area contributed by atoms with Crippen LogP contribution in [0.25, 0.3) is 0 Å². The first kappa shape index (κ1) is 12.5. The van der Waals surface area contributed by atoms with Gasteiger partial charge in [-0.15, -0.1) is 0 Å². The number of amides is 1. The first-order valence-electron chi connectivity index (χ1n) is 6.66. The van der Waals surface area contributed by atoms with Crippen molar-refractivity contribution in [3.63, 3.8) is 0 Å². The van der Waals surface area contributed by atoms with Gasteiger partial charge in [0.25, 0.3) is 0 Å². The summed E-state index contributed by atoms with van der Waals surface area (Å²) in [6.07, 6.45) is 1.36. The van der Waals surface area contributed by atoms with Crippen molar-refractivity contribution >= 4 is 28.7 Å². The lowest BCUT2D eigenvalue weighted by Crippen LogP contribution is -2.31. The molecule has 0 aliphatic carbocycles. The Kier molecular flexibility index (Phi) is 3.06. The van der Waals surface area contributed by atoms with Gasteiger partial charge in [0.2, 0.25) is 5.91 Å². The Morgan fingerprint density at radius 3 is 2.75 bits per heavy atom. The second kappa shape index (κ2) is 4.89. The number of hydrogen-bond donors (Lipinski definition) is 2. The molecule has 1 aliphatic rings. The van der Waals surface area contributed by atoms with Crippen LogP contribution in [-0.4, -0.2) is 13.0 Å². The quantitative estimate of drug-likeness (QED) is 0.822. The average Bonchev–Trinajstić information content (AvgIpc) is 2.46. The van der Waals surface area contributed by atoms with Gasteiger partial charge in [-0.25, -0.2) is 0 Å². The number of nitrogens with zero attached hydrogens (tertiary/aromatic N) is 1. The molecule has 102 valence electrons. The van der Waals surface area contributed by atoms with E-state index in [4.69, 9.17) is 5.73 Å². The molecule has 0 unspecified atom stereocenters. The molecule has 1 amide bonds. The van der Waals surface area contributed by atoms with Crippen molar-refractivity contribution in [3.05, 3.63) is 48.0 Å². The lowest BCUT2D eigenvalue weighted by Gasteiger charge is -2.26. The van der Waals surface area contributed by atoms with E-state index in [1.54, 1.807) is 4.90 Å². The Labute approximate surface area is 118 Å². The highest BCUT2D eigenvalue weighted by molar-refractivity contribution is 5.96. The van der Waals surface area contributed by atoms with Crippen LogP contribution in [0.2, 0.25) is 0 Å². The van der Waals surface area contributed by atoms with Crippen LogP contribution >= 0.6 is 0 Å². The van der Waals surface area contributed by atoms with E-state index in [9.17, 15) is 4.79 Å². The number of para-hydroxylation sites is 2. The fourth-order valence-corrected chi connectivity index (χ4v) is 2.50. The summed E-state index contributed by atoms with van der Waals surface area (Å²) in [4.78, 5) is 13.4. The Hall–Kier alpha value is -2.49. The van der Waals surface area contributed by atoms with E-state index in [1.165, 1.54) is 5.56 Å². The van der Waals surface area contributed by atoms with Crippen molar-refractivity contribution in [2.75, 3.05) is 23.0 Å².